The molecule has 0 aromatic heterocycles. The summed E-state index contributed by atoms with van der Waals surface area (Å²) in [5.41, 5.74) is 0.893. The summed E-state index contributed by atoms with van der Waals surface area (Å²) < 4.78 is 11.0. The predicted octanol–water partition coefficient (Wildman–Crippen LogP) is 6.43. The Hall–Kier alpha value is -4.44. The normalized spacial score (nSPS) is 10.8. The van der Waals surface area contributed by atoms with Gasteiger partial charge in [0.05, 0.1) is 11.1 Å². The molecule has 0 aliphatic carbocycles. The number of carbonyl (C=O) groups is 2. The predicted molar refractivity (Wildman–Crippen MR) is 124 cm³/mol. The second-order valence-corrected chi connectivity index (χ2v) is 7.38. The van der Waals surface area contributed by atoms with Crippen LogP contribution in [0.1, 0.15) is 20.7 Å². The highest BCUT2D eigenvalue weighted by Gasteiger charge is 2.13. The van der Waals surface area contributed by atoms with E-state index in [2.05, 4.69) is 0 Å². The number of hydrogen-bond acceptors (Lipinski definition) is 4. The Bertz CT molecular complexity index is 1360. The molecule has 32 heavy (non-hydrogen) atoms. The maximum Gasteiger partial charge on any atom is 0.343 e. The van der Waals surface area contributed by atoms with Crippen LogP contribution in [-0.4, -0.2) is 11.9 Å². The van der Waals surface area contributed by atoms with Gasteiger partial charge in [-0.2, -0.15) is 0 Å². The highest BCUT2D eigenvalue weighted by Crippen LogP contribution is 2.23. The number of esters is 2. The van der Waals surface area contributed by atoms with E-state index in [0.29, 0.717) is 22.6 Å². The van der Waals surface area contributed by atoms with Crippen molar-refractivity contribution >= 4 is 33.5 Å². The number of fused-ring (bicyclic) bond motifs is 2. The van der Waals surface area contributed by atoms with Crippen LogP contribution in [0.15, 0.2) is 109 Å². The Balaban J connectivity index is 1.32. The maximum absolute atomic E-state index is 12.6. The van der Waals surface area contributed by atoms with Crippen molar-refractivity contribution in [3.63, 3.8) is 0 Å². The van der Waals surface area contributed by atoms with E-state index in [4.69, 9.17) is 9.47 Å². The van der Waals surface area contributed by atoms with E-state index in [0.717, 1.165) is 21.5 Å². The van der Waals surface area contributed by atoms with Gasteiger partial charge in [-0.25, -0.2) is 9.59 Å². The van der Waals surface area contributed by atoms with Crippen molar-refractivity contribution in [1.82, 2.24) is 0 Å². The molecule has 0 spiro atoms. The molecule has 5 rings (SSSR count). The molecule has 0 aliphatic heterocycles. The van der Waals surface area contributed by atoms with E-state index in [1.165, 1.54) is 6.07 Å². The lowest BCUT2D eigenvalue weighted by atomic mass is 10.1. The Kier molecular flexibility index (Phi) is 5.10. The third-order valence-corrected chi connectivity index (χ3v) is 5.20. The van der Waals surface area contributed by atoms with Crippen molar-refractivity contribution < 1.29 is 19.1 Å². The molecule has 0 N–H and O–H groups in total. The fraction of sp³-hybridized carbons (Fsp3) is 0. The van der Waals surface area contributed by atoms with Gasteiger partial charge in [0.1, 0.15) is 11.5 Å². The molecule has 0 aliphatic rings. The van der Waals surface area contributed by atoms with E-state index in [1.54, 1.807) is 42.5 Å². The summed E-state index contributed by atoms with van der Waals surface area (Å²) in [6.45, 7) is 0. The van der Waals surface area contributed by atoms with Crippen molar-refractivity contribution in [1.29, 1.82) is 0 Å². The SMILES string of the molecule is O=C(Oc1cccc(OC(=O)c2ccc3ccccc3c2)c1)c1ccc2ccccc2c1. The Morgan fingerprint density at radius 2 is 0.875 bits per heavy atom. The quantitative estimate of drug-likeness (QED) is 0.249. The lowest BCUT2D eigenvalue weighted by Crippen LogP contribution is -2.10. The summed E-state index contributed by atoms with van der Waals surface area (Å²) in [5.74, 6) is -0.360. The van der Waals surface area contributed by atoms with Gasteiger partial charge >= 0.3 is 11.9 Å². The summed E-state index contributed by atoms with van der Waals surface area (Å²) in [6, 6.07) is 32.9. The Morgan fingerprint density at radius 3 is 1.34 bits per heavy atom. The fourth-order valence-corrected chi connectivity index (χ4v) is 3.57. The van der Waals surface area contributed by atoms with Crippen LogP contribution in [0.5, 0.6) is 11.5 Å². The standard InChI is InChI=1S/C28H18O4/c29-27(23-14-12-19-6-1-3-8-21(19)16-23)31-25-10-5-11-26(18-25)32-28(30)24-15-13-20-7-2-4-9-22(20)17-24/h1-18H. The zero-order valence-corrected chi connectivity index (χ0v) is 17.0. The van der Waals surface area contributed by atoms with E-state index >= 15 is 0 Å². The van der Waals surface area contributed by atoms with Crippen molar-refractivity contribution in [3.8, 4) is 11.5 Å². The fourth-order valence-electron chi connectivity index (χ4n) is 3.57. The van der Waals surface area contributed by atoms with Crippen LogP contribution in [-0.2, 0) is 0 Å². The van der Waals surface area contributed by atoms with E-state index < -0.39 is 11.9 Å². The molecule has 0 saturated carbocycles. The average molecular weight is 418 g/mol. The molecule has 0 unspecified atom stereocenters. The van der Waals surface area contributed by atoms with Gasteiger partial charge in [0.15, 0.2) is 0 Å². The van der Waals surface area contributed by atoms with Gasteiger partial charge in [-0.05, 0) is 57.9 Å². The number of carbonyl (C=O) groups excluding carboxylic acids is 2. The number of ether oxygens (including phenoxy) is 2. The Morgan fingerprint density at radius 1 is 0.438 bits per heavy atom. The van der Waals surface area contributed by atoms with Crippen LogP contribution >= 0.6 is 0 Å². The van der Waals surface area contributed by atoms with Crippen LogP contribution in [0, 0.1) is 0 Å². The van der Waals surface area contributed by atoms with Crippen LogP contribution in [0.2, 0.25) is 0 Å². The van der Waals surface area contributed by atoms with Gasteiger partial charge in [-0.15, -0.1) is 0 Å². The first kappa shape index (κ1) is 19.5. The summed E-state index contributed by atoms with van der Waals surface area (Å²) in [7, 11) is 0. The monoisotopic (exact) mass is 418 g/mol. The molecule has 4 nitrogen and oxygen atoms in total. The lowest BCUT2D eigenvalue weighted by molar-refractivity contribution is 0.0733. The van der Waals surface area contributed by atoms with Crippen LogP contribution in [0.4, 0.5) is 0 Å². The van der Waals surface area contributed by atoms with Gasteiger partial charge < -0.3 is 9.47 Å². The molecule has 5 aromatic rings. The van der Waals surface area contributed by atoms with Crippen molar-refractivity contribution in [2.75, 3.05) is 0 Å². The highest BCUT2D eigenvalue weighted by molar-refractivity contribution is 5.97. The van der Waals surface area contributed by atoms with E-state index in [9.17, 15) is 9.59 Å². The summed E-state index contributed by atoms with van der Waals surface area (Å²) >= 11 is 0. The van der Waals surface area contributed by atoms with Gasteiger partial charge in [-0.1, -0.05) is 66.7 Å². The molecule has 5 aromatic carbocycles. The van der Waals surface area contributed by atoms with Gasteiger partial charge in [0.25, 0.3) is 0 Å². The molecule has 154 valence electrons. The van der Waals surface area contributed by atoms with Gasteiger partial charge in [-0.3, -0.25) is 0 Å². The summed E-state index contributed by atoms with van der Waals surface area (Å²) in [6.07, 6.45) is 0. The minimum absolute atomic E-state index is 0.298. The van der Waals surface area contributed by atoms with E-state index in [1.807, 2.05) is 60.7 Å². The molecule has 0 amide bonds. The first-order valence-electron chi connectivity index (χ1n) is 10.2. The molecule has 0 fully saturated rings. The van der Waals surface area contributed by atoms with Crippen LogP contribution in [0.25, 0.3) is 21.5 Å². The van der Waals surface area contributed by atoms with E-state index in [-0.39, 0.29) is 0 Å². The third kappa shape index (κ3) is 4.07. The number of hydrogen-bond donors (Lipinski definition) is 0. The second-order valence-electron chi connectivity index (χ2n) is 7.38. The number of rotatable bonds is 4. The lowest BCUT2D eigenvalue weighted by Gasteiger charge is -2.09. The maximum atomic E-state index is 12.6. The Labute approximate surface area is 184 Å². The number of benzene rings is 5. The van der Waals surface area contributed by atoms with Crippen molar-refractivity contribution in [3.05, 3.63) is 120 Å². The molecule has 0 radical (unpaired) electrons. The first-order chi connectivity index (χ1) is 15.7. The molecule has 0 atom stereocenters. The molecule has 4 heteroatoms. The molecular weight excluding hydrogens is 400 g/mol. The van der Waals surface area contributed by atoms with Crippen LogP contribution in [0.3, 0.4) is 0 Å². The van der Waals surface area contributed by atoms with Crippen molar-refractivity contribution in [2.24, 2.45) is 0 Å². The molecule has 0 saturated heterocycles. The first-order valence-corrected chi connectivity index (χ1v) is 10.2. The topological polar surface area (TPSA) is 52.6 Å². The zero-order valence-electron chi connectivity index (χ0n) is 17.0. The zero-order chi connectivity index (χ0) is 21.9. The highest BCUT2D eigenvalue weighted by atomic mass is 16.5. The largest absolute Gasteiger partial charge is 0.423 e. The summed E-state index contributed by atoms with van der Waals surface area (Å²) in [4.78, 5) is 25.2. The molecule has 0 heterocycles. The molecule has 0 bridgehead atoms. The second kappa shape index (κ2) is 8.36. The summed E-state index contributed by atoms with van der Waals surface area (Å²) in [5, 5.41) is 4.01. The minimum Gasteiger partial charge on any atom is -0.423 e. The smallest absolute Gasteiger partial charge is 0.343 e. The minimum atomic E-state index is -0.478. The van der Waals surface area contributed by atoms with Gasteiger partial charge in [0, 0.05) is 6.07 Å². The third-order valence-electron chi connectivity index (χ3n) is 5.20. The van der Waals surface area contributed by atoms with Gasteiger partial charge in [0.2, 0.25) is 0 Å². The molecular formula is C28H18O4. The van der Waals surface area contributed by atoms with Crippen LogP contribution < -0.4 is 9.47 Å². The average Bonchev–Trinajstić information content (AvgIpc) is 2.83. The van der Waals surface area contributed by atoms with Crippen molar-refractivity contribution in [2.45, 2.75) is 0 Å².